The molecule has 2 N–H and O–H groups in total. The van der Waals surface area contributed by atoms with Crippen molar-refractivity contribution in [2.45, 2.75) is 11.8 Å². The van der Waals surface area contributed by atoms with Crippen LogP contribution in [0, 0.1) is 6.92 Å². The summed E-state index contributed by atoms with van der Waals surface area (Å²) in [6.45, 7) is 0.771. The van der Waals surface area contributed by atoms with Gasteiger partial charge in [0.05, 0.1) is 10.6 Å². The molecule has 0 saturated carbocycles. The Hall–Kier alpha value is -1.10. The first-order valence-corrected chi connectivity index (χ1v) is 5.77. The van der Waals surface area contributed by atoms with E-state index in [-0.39, 0.29) is 4.90 Å². The minimum atomic E-state index is -3.49. The van der Waals surface area contributed by atoms with Crippen LogP contribution >= 0.6 is 0 Å². The number of nitrogens with two attached hydrogens (primary N) is 1. The first-order valence-electron chi connectivity index (χ1n) is 4.12. The van der Waals surface area contributed by atoms with Gasteiger partial charge in [0.1, 0.15) is 6.67 Å². The fourth-order valence-corrected chi connectivity index (χ4v) is 2.48. The number of alkyl halides is 1. The van der Waals surface area contributed by atoms with Gasteiger partial charge in [-0.2, -0.15) is 0 Å². The molecule has 5 heteroatoms. The van der Waals surface area contributed by atoms with Gasteiger partial charge in [0.15, 0.2) is 9.84 Å². The molecular weight excluding hydrogens is 205 g/mol. The summed E-state index contributed by atoms with van der Waals surface area (Å²) in [5.41, 5.74) is 6.53. The summed E-state index contributed by atoms with van der Waals surface area (Å²) in [6.07, 6.45) is 0. The van der Waals surface area contributed by atoms with Gasteiger partial charge >= 0.3 is 0 Å². The lowest BCUT2D eigenvalue weighted by atomic mass is 10.2. The third-order valence-electron chi connectivity index (χ3n) is 1.88. The standard InChI is InChI=1S/C9H12FNO2S/c1-7-6-8(11)2-3-9(7)14(12,13)5-4-10/h2-3,6H,4-5,11H2,1H3. The Bertz CT molecular complexity index is 428. The van der Waals surface area contributed by atoms with Gasteiger partial charge < -0.3 is 5.73 Å². The predicted octanol–water partition coefficient (Wildman–Crippen LogP) is 1.32. The highest BCUT2D eigenvalue weighted by molar-refractivity contribution is 7.91. The van der Waals surface area contributed by atoms with Gasteiger partial charge in [0.25, 0.3) is 0 Å². The van der Waals surface area contributed by atoms with Crippen molar-refractivity contribution in [3.05, 3.63) is 23.8 Å². The lowest BCUT2D eigenvalue weighted by Crippen LogP contribution is -2.10. The molecule has 0 amide bonds. The molecule has 78 valence electrons. The number of sulfone groups is 1. The van der Waals surface area contributed by atoms with Gasteiger partial charge in [-0.05, 0) is 30.7 Å². The maximum Gasteiger partial charge on any atom is 0.181 e. The fourth-order valence-electron chi connectivity index (χ4n) is 1.23. The number of aryl methyl sites for hydroxylation is 1. The van der Waals surface area contributed by atoms with E-state index in [9.17, 15) is 12.8 Å². The van der Waals surface area contributed by atoms with Crippen LogP contribution in [0.15, 0.2) is 23.1 Å². The highest BCUT2D eigenvalue weighted by Crippen LogP contribution is 2.18. The maximum atomic E-state index is 12.0. The van der Waals surface area contributed by atoms with Crippen LogP contribution in [0.4, 0.5) is 10.1 Å². The lowest BCUT2D eigenvalue weighted by Gasteiger charge is -2.06. The molecule has 0 aliphatic rings. The molecule has 0 unspecified atom stereocenters. The highest BCUT2D eigenvalue weighted by atomic mass is 32.2. The van der Waals surface area contributed by atoms with Crippen LogP contribution in [0.3, 0.4) is 0 Å². The summed E-state index contributed by atoms with van der Waals surface area (Å²) in [6, 6.07) is 4.47. The van der Waals surface area contributed by atoms with E-state index in [2.05, 4.69) is 0 Å². The van der Waals surface area contributed by atoms with Crippen molar-refractivity contribution in [1.29, 1.82) is 0 Å². The SMILES string of the molecule is Cc1cc(N)ccc1S(=O)(=O)CCF. The van der Waals surface area contributed by atoms with Crippen LogP contribution in [0.1, 0.15) is 5.56 Å². The number of rotatable bonds is 3. The van der Waals surface area contributed by atoms with E-state index in [1.807, 2.05) is 0 Å². The number of anilines is 1. The van der Waals surface area contributed by atoms with Gasteiger partial charge in [0.2, 0.25) is 0 Å². The Morgan fingerprint density at radius 3 is 2.57 bits per heavy atom. The zero-order valence-corrected chi connectivity index (χ0v) is 8.64. The zero-order chi connectivity index (χ0) is 10.8. The highest BCUT2D eigenvalue weighted by Gasteiger charge is 2.16. The second kappa shape index (κ2) is 3.96. The molecule has 0 aromatic heterocycles. The van der Waals surface area contributed by atoms with Gasteiger partial charge in [-0.15, -0.1) is 0 Å². The number of hydrogen-bond acceptors (Lipinski definition) is 3. The predicted molar refractivity (Wildman–Crippen MR) is 53.6 cm³/mol. The second-order valence-corrected chi connectivity index (χ2v) is 5.11. The Morgan fingerprint density at radius 1 is 1.43 bits per heavy atom. The lowest BCUT2D eigenvalue weighted by molar-refractivity contribution is 0.517. The molecular formula is C9H12FNO2S. The van der Waals surface area contributed by atoms with Crippen molar-refractivity contribution >= 4 is 15.5 Å². The van der Waals surface area contributed by atoms with Crippen molar-refractivity contribution in [1.82, 2.24) is 0 Å². The Kier molecular flexibility index (Phi) is 3.10. The number of benzene rings is 1. The Balaban J connectivity index is 3.20. The number of halogens is 1. The molecule has 0 heterocycles. The van der Waals surface area contributed by atoms with Crippen molar-refractivity contribution < 1.29 is 12.8 Å². The van der Waals surface area contributed by atoms with Crippen molar-refractivity contribution in [2.75, 3.05) is 18.2 Å². The van der Waals surface area contributed by atoms with E-state index in [0.29, 0.717) is 11.3 Å². The summed E-state index contributed by atoms with van der Waals surface area (Å²) >= 11 is 0. The smallest absolute Gasteiger partial charge is 0.181 e. The summed E-state index contributed by atoms with van der Waals surface area (Å²) in [7, 11) is -3.49. The second-order valence-electron chi connectivity index (χ2n) is 3.03. The average Bonchev–Trinajstić information content (AvgIpc) is 2.02. The molecule has 14 heavy (non-hydrogen) atoms. The fraction of sp³-hybridized carbons (Fsp3) is 0.333. The Labute approximate surface area is 82.7 Å². The van der Waals surface area contributed by atoms with Crippen molar-refractivity contribution in [2.24, 2.45) is 0 Å². The summed E-state index contributed by atoms with van der Waals surface area (Å²) in [5, 5.41) is 0. The van der Waals surface area contributed by atoms with Crippen LogP contribution in [0.2, 0.25) is 0 Å². The molecule has 0 bridgehead atoms. The zero-order valence-electron chi connectivity index (χ0n) is 7.83. The maximum absolute atomic E-state index is 12.0. The summed E-state index contributed by atoms with van der Waals surface area (Å²) in [5.74, 6) is -0.474. The number of nitrogen functional groups attached to an aromatic ring is 1. The molecule has 0 spiro atoms. The molecule has 0 aliphatic carbocycles. The molecule has 1 aromatic rings. The minimum Gasteiger partial charge on any atom is -0.399 e. The Morgan fingerprint density at radius 2 is 2.07 bits per heavy atom. The van der Waals surface area contributed by atoms with Gasteiger partial charge in [-0.25, -0.2) is 12.8 Å². The molecule has 0 saturated heterocycles. The topological polar surface area (TPSA) is 60.2 Å². The average molecular weight is 217 g/mol. The van der Waals surface area contributed by atoms with E-state index in [1.54, 1.807) is 13.0 Å². The van der Waals surface area contributed by atoms with E-state index in [1.165, 1.54) is 12.1 Å². The van der Waals surface area contributed by atoms with Crippen molar-refractivity contribution in [3.63, 3.8) is 0 Å². The largest absolute Gasteiger partial charge is 0.399 e. The van der Waals surface area contributed by atoms with E-state index >= 15 is 0 Å². The number of hydrogen-bond donors (Lipinski definition) is 1. The van der Waals surface area contributed by atoms with E-state index < -0.39 is 22.3 Å². The van der Waals surface area contributed by atoms with Gasteiger partial charge in [0, 0.05) is 5.69 Å². The van der Waals surface area contributed by atoms with E-state index in [4.69, 9.17) is 5.73 Å². The molecule has 0 atom stereocenters. The van der Waals surface area contributed by atoms with Gasteiger partial charge in [-0.1, -0.05) is 0 Å². The summed E-state index contributed by atoms with van der Waals surface area (Å²) < 4.78 is 34.9. The molecule has 0 aliphatic heterocycles. The molecule has 1 aromatic carbocycles. The third kappa shape index (κ3) is 2.23. The van der Waals surface area contributed by atoms with E-state index in [0.717, 1.165) is 0 Å². The normalized spacial score (nSPS) is 11.6. The molecule has 1 rings (SSSR count). The minimum absolute atomic E-state index is 0.157. The van der Waals surface area contributed by atoms with Crippen LogP contribution in [0.25, 0.3) is 0 Å². The van der Waals surface area contributed by atoms with Crippen molar-refractivity contribution in [3.8, 4) is 0 Å². The first-order chi connectivity index (χ1) is 6.47. The van der Waals surface area contributed by atoms with Crippen LogP contribution in [-0.4, -0.2) is 20.8 Å². The third-order valence-corrected chi connectivity index (χ3v) is 3.70. The quantitative estimate of drug-likeness (QED) is 0.777. The summed E-state index contributed by atoms with van der Waals surface area (Å²) in [4.78, 5) is 0.157. The van der Waals surface area contributed by atoms with Crippen LogP contribution in [0.5, 0.6) is 0 Å². The van der Waals surface area contributed by atoms with Crippen LogP contribution < -0.4 is 5.73 Å². The molecule has 0 radical (unpaired) electrons. The molecule has 0 fully saturated rings. The monoisotopic (exact) mass is 217 g/mol. The van der Waals surface area contributed by atoms with Gasteiger partial charge in [-0.3, -0.25) is 0 Å². The molecule has 3 nitrogen and oxygen atoms in total. The van der Waals surface area contributed by atoms with Crippen LogP contribution in [-0.2, 0) is 9.84 Å². The first kappa shape index (κ1) is 11.0.